The maximum absolute atomic E-state index is 11.7. The van der Waals surface area contributed by atoms with Gasteiger partial charge in [0.15, 0.2) is 0 Å². The molecule has 0 bridgehead atoms. The largest absolute Gasteiger partial charge is 0.481 e. The molecule has 4 rings (SSSR count). The van der Waals surface area contributed by atoms with Crippen molar-refractivity contribution >= 4 is 30.5 Å². The van der Waals surface area contributed by atoms with E-state index in [1.54, 1.807) is 36.8 Å². The number of rotatable bonds is 8. The number of carbonyl (C=O) groups is 1. The molecule has 0 fully saturated rings. The number of phosphoric ester groups is 1. The zero-order valence-corrected chi connectivity index (χ0v) is 19.0. The third-order valence-corrected chi connectivity index (χ3v) is 5.43. The molecule has 0 unspecified atom stereocenters. The average molecular weight is 480 g/mol. The summed E-state index contributed by atoms with van der Waals surface area (Å²) in [4.78, 5) is 38.6. The molecule has 0 radical (unpaired) electrons. The summed E-state index contributed by atoms with van der Waals surface area (Å²) in [5, 5.41) is 3.45. The fourth-order valence-corrected chi connectivity index (χ4v) is 3.73. The van der Waals surface area contributed by atoms with Gasteiger partial charge in [-0.2, -0.15) is 0 Å². The Bertz CT molecular complexity index is 1430. The van der Waals surface area contributed by atoms with E-state index < -0.39 is 14.6 Å². The second-order valence-electron chi connectivity index (χ2n) is 7.22. The molecule has 0 aliphatic heterocycles. The van der Waals surface area contributed by atoms with Crippen molar-refractivity contribution in [2.75, 3.05) is 12.4 Å². The highest BCUT2D eigenvalue weighted by molar-refractivity contribution is 7.46. The number of nitrogens with zero attached hydrogens (tertiary/aromatic N) is 3. The van der Waals surface area contributed by atoms with E-state index in [4.69, 9.17) is 19.0 Å². The zero-order valence-electron chi connectivity index (χ0n) is 18.1. The lowest BCUT2D eigenvalue weighted by atomic mass is 10.0. The van der Waals surface area contributed by atoms with Crippen LogP contribution < -0.4 is 10.1 Å². The number of ether oxygens (including phenoxy) is 1. The lowest BCUT2D eigenvalue weighted by Gasteiger charge is -2.08. The van der Waals surface area contributed by atoms with Crippen molar-refractivity contribution in [1.29, 1.82) is 0 Å². The first-order chi connectivity index (χ1) is 16.3. The summed E-state index contributed by atoms with van der Waals surface area (Å²) >= 11 is 0. The number of nitrogens with one attached hydrogen (secondary N) is 1. The number of phosphoric acid groups is 1. The molecule has 174 valence electrons. The molecule has 1 aromatic carbocycles. The Morgan fingerprint density at radius 1 is 1.18 bits per heavy atom. The van der Waals surface area contributed by atoms with Crippen LogP contribution in [0.1, 0.15) is 0 Å². The van der Waals surface area contributed by atoms with E-state index in [2.05, 4.69) is 21.9 Å². The van der Waals surface area contributed by atoms with Crippen LogP contribution in [0.25, 0.3) is 33.3 Å². The fraction of sp³-hybridized carbons (Fsp3) is 0.0870. The number of methoxy groups -OCH3 is 1. The van der Waals surface area contributed by atoms with E-state index in [0.29, 0.717) is 17.2 Å². The lowest BCUT2D eigenvalue weighted by molar-refractivity contribution is -0.111. The fourth-order valence-electron chi connectivity index (χ4n) is 3.45. The standard InChI is InChI=1S/C23H21N4O6P/c1-3-21(28)26-18-6-4-5-15(9-18)17-10-19-20(16-7-8-24-22(11-16)32-2)13-27(23(19)25-12-17)14-33-34(29,30)31/h3-13H,1,14H2,2H3,(H,26,28)(H2,29,30,31). The maximum atomic E-state index is 11.7. The van der Waals surface area contributed by atoms with Gasteiger partial charge in [0, 0.05) is 46.9 Å². The minimum atomic E-state index is -4.68. The highest BCUT2D eigenvalue weighted by Gasteiger charge is 2.18. The number of anilines is 1. The minimum Gasteiger partial charge on any atom is -0.481 e. The molecule has 0 aliphatic rings. The van der Waals surface area contributed by atoms with E-state index in [1.807, 2.05) is 24.3 Å². The van der Waals surface area contributed by atoms with Gasteiger partial charge in [-0.05, 0) is 41.5 Å². The van der Waals surface area contributed by atoms with Crippen molar-refractivity contribution in [3.63, 3.8) is 0 Å². The van der Waals surface area contributed by atoms with Gasteiger partial charge in [0.1, 0.15) is 12.4 Å². The van der Waals surface area contributed by atoms with Crippen LogP contribution in [0, 0.1) is 0 Å². The molecule has 11 heteroatoms. The molecule has 34 heavy (non-hydrogen) atoms. The summed E-state index contributed by atoms with van der Waals surface area (Å²) in [6.07, 6.45) is 6.14. The van der Waals surface area contributed by atoms with Crippen LogP contribution >= 0.6 is 7.82 Å². The van der Waals surface area contributed by atoms with Crippen molar-refractivity contribution in [2.45, 2.75) is 6.73 Å². The second kappa shape index (κ2) is 9.58. The van der Waals surface area contributed by atoms with Crippen molar-refractivity contribution in [3.05, 3.63) is 73.7 Å². The Kier molecular flexibility index (Phi) is 6.58. The van der Waals surface area contributed by atoms with E-state index >= 15 is 0 Å². The highest BCUT2D eigenvalue weighted by Crippen LogP contribution is 2.38. The van der Waals surface area contributed by atoms with Gasteiger partial charge in [0.2, 0.25) is 11.8 Å². The molecule has 1 amide bonds. The smallest absolute Gasteiger partial charge is 0.471 e. The molecule has 0 saturated heterocycles. The summed E-state index contributed by atoms with van der Waals surface area (Å²) in [5.74, 6) is 0.0985. The molecule has 3 heterocycles. The number of hydrogen-bond acceptors (Lipinski definition) is 6. The zero-order chi connectivity index (χ0) is 24.3. The van der Waals surface area contributed by atoms with Crippen LogP contribution in [0.15, 0.2) is 73.7 Å². The Balaban J connectivity index is 1.83. The molecule has 3 N–H and O–H groups in total. The SMILES string of the molecule is C=CC(=O)Nc1cccc(-c2cnc3c(c2)c(-c2ccnc(OC)c2)cn3COP(=O)(O)O)c1. The van der Waals surface area contributed by atoms with Gasteiger partial charge in [0.25, 0.3) is 0 Å². The van der Waals surface area contributed by atoms with Gasteiger partial charge in [-0.3, -0.25) is 9.32 Å². The Morgan fingerprint density at radius 3 is 2.74 bits per heavy atom. The van der Waals surface area contributed by atoms with Crippen LogP contribution in [-0.4, -0.2) is 37.3 Å². The number of fused-ring (bicyclic) bond motifs is 1. The topological polar surface area (TPSA) is 136 Å². The van der Waals surface area contributed by atoms with Crippen LogP contribution in [0.4, 0.5) is 5.69 Å². The van der Waals surface area contributed by atoms with Crippen LogP contribution in [-0.2, 0) is 20.6 Å². The quantitative estimate of drug-likeness (QED) is 0.255. The summed E-state index contributed by atoms with van der Waals surface area (Å²) in [7, 11) is -3.17. The third kappa shape index (κ3) is 5.22. The van der Waals surface area contributed by atoms with Crippen LogP contribution in [0.3, 0.4) is 0 Å². The molecule has 0 spiro atoms. The molecule has 0 atom stereocenters. The van der Waals surface area contributed by atoms with E-state index in [-0.39, 0.29) is 5.91 Å². The molecular weight excluding hydrogens is 459 g/mol. The number of pyridine rings is 2. The molecule has 0 saturated carbocycles. The van der Waals surface area contributed by atoms with Gasteiger partial charge in [-0.1, -0.05) is 18.7 Å². The monoisotopic (exact) mass is 480 g/mol. The second-order valence-corrected chi connectivity index (χ2v) is 8.46. The van der Waals surface area contributed by atoms with E-state index in [1.165, 1.54) is 17.8 Å². The number of aromatic nitrogens is 3. The number of benzene rings is 1. The summed E-state index contributed by atoms with van der Waals surface area (Å²) in [6, 6.07) is 12.7. The molecular formula is C23H21N4O6P. The molecule has 3 aromatic heterocycles. The number of carbonyl (C=O) groups excluding carboxylic acids is 1. The van der Waals surface area contributed by atoms with Crippen molar-refractivity contribution in [1.82, 2.24) is 14.5 Å². The summed E-state index contributed by atoms with van der Waals surface area (Å²) in [6.45, 7) is 3.07. The summed E-state index contributed by atoms with van der Waals surface area (Å²) < 4.78 is 22.7. The maximum Gasteiger partial charge on any atom is 0.471 e. The Morgan fingerprint density at radius 2 is 2.00 bits per heavy atom. The predicted molar refractivity (Wildman–Crippen MR) is 127 cm³/mol. The van der Waals surface area contributed by atoms with Crippen LogP contribution in [0.2, 0.25) is 0 Å². The van der Waals surface area contributed by atoms with Gasteiger partial charge in [-0.25, -0.2) is 14.5 Å². The number of amides is 1. The molecule has 4 aromatic rings. The van der Waals surface area contributed by atoms with E-state index in [9.17, 15) is 9.36 Å². The van der Waals surface area contributed by atoms with Gasteiger partial charge >= 0.3 is 7.82 Å². The minimum absolute atomic E-state index is 0.318. The first-order valence-electron chi connectivity index (χ1n) is 10.0. The highest BCUT2D eigenvalue weighted by atomic mass is 31.2. The third-order valence-electron chi connectivity index (χ3n) is 4.98. The summed E-state index contributed by atoms with van der Waals surface area (Å²) in [5.41, 5.74) is 4.19. The van der Waals surface area contributed by atoms with Crippen molar-refractivity contribution in [2.24, 2.45) is 0 Å². The van der Waals surface area contributed by atoms with Crippen LogP contribution in [0.5, 0.6) is 5.88 Å². The van der Waals surface area contributed by atoms with E-state index in [0.717, 1.165) is 27.6 Å². The lowest BCUT2D eigenvalue weighted by Crippen LogP contribution is -2.06. The van der Waals surface area contributed by atoms with Crippen molar-refractivity contribution < 1.29 is 28.4 Å². The Hall–Kier alpha value is -3.82. The predicted octanol–water partition coefficient (Wildman–Crippen LogP) is 3.97. The average Bonchev–Trinajstić information content (AvgIpc) is 3.20. The van der Waals surface area contributed by atoms with Gasteiger partial charge < -0.3 is 24.4 Å². The Labute approximate surface area is 194 Å². The number of hydrogen-bond donors (Lipinski definition) is 3. The molecule has 10 nitrogen and oxygen atoms in total. The van der Waals surface area contributed by atoms with Gasteiger partial charge in [0.05, 0.1) is 7.11 Å². The first kappa shape index (κ1) is 23.3. The van der Waals surface area contributed by atoms with Gasteiger partial charge in [-0.15, -0.1) is 0 Å². The van der Waals surface area contributed by atoms with Crippen molar-refractivity contribution in [3.8, 4) is 28.1 Å². The normalized spacial score (nSPS) is 11.4. The molecule has 0 aliphatic carbocycles. The first-order valence-corrected chi connectivity index (χ1v) is 11.5.